The smallest absolute Gasteiger partial charge is 0.341 e. The fraction of sp³-hybridized carbons (Fsp3) is 0.375. The van der Waals surface area contributed by atoms with E-state index >= 15 is 0 Å². The average molecular weight is 222 g/mol. The molecule has 0 radical (unpaired) electrons. The van der Waals surface area contributed by atoms with Gasteiger partial charge < -0.3 is 10.5 Å². The van der Waals surface area contributed by atoms with Crippen molar-refractivity contribution >= 4 is 35.4 Å². The van der Waals surface area contributed by atoms with E-state index in [1.165, 1.54) is 11.3 Å². The standard InChI is InChI=1S/C8H11NO2S.ClH/c1-3-11-8(10)7-5(2)12-4-6(7)9;/h4H,3,9H2,1-2H3;1H. The summed E-state index contributed by atoms with van der Waals surface area (Å²) in [6.07, 6.45) is 0. The third-order valence-electron chi connectivity index (χ3n) is 1.48. The highest BCUT2D eigenvalue weighted by Crippen LogP contribution is 2.24. The number of hydrogen-bond acceptors (Lipinski definition) is 4. The van der Waals surface area contributed by atoms with E-state index in [4.69, 9.17) is 10.5 Å². The molecule has 0 saturated carbocycles. The quantitative estimate of drug-likeness (QED) is 0.780. The molecule has 0 fully saturated rings. The van der Waals surface area contributed by atoms with Crippen LogP contribution in [-0.4, -0.2) is 12.6 Å². The number of thiophene rings is 1. The molecule has 0 aliphatic rings. The summed E-state index contributed by atoms with van der Waals surface area (Å²) in [6.45, 7) is 4.01. The van der Waals surface area contributed by atoms with E-state index in [0.717, 1.165) is 4.88 Å². The number of esters is 1. The Labute approximate surface area is 87.3 Å². The summed E-state index contributed by atoms with van der Waals surface area (Å²) in [4.78, 5) is 12.2. The van der Waals surface area contributed by atoms with Gasteiger partial charge >= 0.3 is 5.97 Å². The Balaban J connectivity index is 0.00000144. The van der Waals surface area contributed by atoms with E-state index in [0.29, 0.717) is 17.9 Å². The summed E-state index contributed by atoms with van der Waals surface area (Å²) in [7, 11) is 0. The second kappa shape index (κ2) is 5.09. The molecular formula is C8H12ClNO2S. The maximum Gasteiger partial charge on any atom is 0.341 e. The molecule has 1 aromatic rings. The molecule has 5 heteroatoms. The Morgan fingerprint density at radius 3 is 2.69 bits per heavy atom. The van der Waals surface area contributed by atoms with Crippen molar-refractivity contribution in [3.8, 4) is 0 Å². The Kier molecular flexibility index (Phi) is 4.80. The molecule has 74 valence electrons. The SMILES string of the molecule is CCOC(=O)c1c(N)csc1C.Cl. The van der Waals surface area contributed by atoms with Crippen molar-refractivity contribution in [2.45, 2.75) is 13.8 Å². The molecule has 3 nitrogen and oxygen atoms in total. The van der Waals surface area contributed by atoms with Gasteiger partial charge in [-0.1, -0.05) is 0 Å². The van der Waals surface area contributed by atoms with Gasteiger partial charge in [0, 0.05) is 10.3 Å². The van der Waals surface area contributed by atoms with Gasteiger partial charge in [-0.15, -0.1) is 23.7 Å². The molecule has 2 N–H and O–H groups in total. The van der Waals surface area contributed by atoms with Crippen molar-refractivity contribution in [2.24, 2.45) is 0 Å². The Bertz CT molecular complexity index is 279. The zero-order valence-electron chi connectivity index (χ0n) is 7.49. The first kappa shape index (κ1) is 12.3. The van der Waals surface area contributed by atoms with E-state index in [-0.39, 0.29) is 18.4 Å². The minimum absolute atomic E-state index is 0. The predicted molar refractivity (Wildman–Crippen MR) is 56.7 cm³/mol. The fourth-order valence-electron chi connectivity index (χ4n) is 0.938. The van der Waals surface area contributed by atoms with Gasteiger partial charge in [0.2, 0.25) is 0 Å². The largest absolute Gasteiger partial charge is 0.462 e. The molecule has 0 aromatic carbocycles. The van der Waals surface area contributed by atoms with E-state index in [1.807, 2.05) is 6.92 Å². The van der Waals surface area contributed by atoms with Crippen LogP contribution in [0.3, 0.4) is 0 Å². The zero-order chi connectivity index (χ0) is 9.14. The highest BCUT2D eigenvalue weighted by Gasteiger charge is 2.14. The molecule has 0 saturated heterocycles. The van der Waals surface area contributed by atoms with E-state index in [1.54, 1.807) is 12.3 Å². The van der Waals surface area contributed by atoms with Crippen LogP contribution in [0.1, 0.15) is 22.2 Å². The van der Waals surface area contributed by atoms with Crippen LogP contribution in [0.25, 0.3) is 0 Å². The summed E-state index contributed by atoms with van der Waals surface area (Å²) in [6, 6.07) is 0. The molecule has 0 spiro atoms. The molecule has 1 rings (SSSR count). The number of nitrogens with two attached hydrogens (primary N) is 1. The van der Waals surface area contributed by atoms with Crippen LogP contribution in [0.5, 0.6) is 0 Å². The van der Waals surface area contributed by atoms with Crippen molar-refractivity contribution in [3.05, 3.63) is 15.8 Å². The van der Waals surface area contributed by atoms with E-state index < -0.39 is 0 Å². The highest BCUT2D eigenvalue weighted by molar-refractivity contribution is 7.10. The lowest BCUT2D eigenvalue weighted by molar-refractivity contribution is 0.0527. The lowest BCUT2D eigenvalue weighted by Gasteiger charge is -2.01. The van der Waals surface area contributed by atoms with Gasteiger partial charge in [-0.3, -0.25) is 0 Å². The van der Waals surface area contributed by atoms with Gasteiger partial charge in [-0.25, -0.2) is 4.79 Å². The number of carbonyl (C=O) groups is 1. The van der Waals surface area contributed by atoms with E-state index in [9.17, 15) is 4.79 Å². The molecule has 13 heavy (non-hydrogen) atoms. The molecule has 0 unspecified atom stereocenters. The Morgan fingerprint density at radius 2 is 2.31 bits per heavy atom. The minimum atomic E-state index is -0.325. The van der Waals surface area contributed by atoms with Crippen LogP contribution in [-0.2, 0) is 4.74 Å². The Hall–Kier alpha value is -0.740. The molecule has 1 heterocycles. The number of carbonyl (C=O) groups excluding carboxylic acids is 1. The number of aryl methyl sites for hydroxylation is 1. The van der Waals surface area contributed by atoms with Crippen molar-refractivity contribution < 1.29 is 9.53 Å². The lowest BCUT2D eigenvalue weighted by atomic mass is 10.2. The number of nitrogen functional groups attached to an aromatic ring is 1. The summed E-state index contributed by atoms with van der Waals surface area (Å²) >= 11 is 1.46. The van der Waals surface area contributed by atoms with Crippen molar-refractivity contribution in [1.29, 1.82) is 0 Å². The van der Waals surface area contributed by atoms with Gasteiger partial charge in [0.1, 0.15) is 0 Å². The van der Waals surface area contributed by atoms with Gasteiger partial charge in [0.15, 0.2) is 0 Å². The summed E-state index contributed by atoms with van der Waals surface area (Å²) < 4.78 is 4.84. The first-order chi connectivity index (χ1) is 5.66. The maximum atomic E-state index is 11.3. The van der Waals surface area contributed by atoms with Gasteiger partial charge in [0.25, 0.3) is 0 Å². The zero-order valence-corrected chi connectivity index (χ0v) is 9.13. The van der Waals surface area contributed by atoms with Crippen molar-refractivity contribution in [3.63, 3.8) is 0 Å². The number of rotatable bonds is 2. The second-order valence-corrected chi connectivity index (χ2v) is 3.43. The summed E-state index contributed by atoms with van der Waals surface area (Å²) in [5.41, 5.74) is 6.61. The van der Waals surface area contributed by atoms with Crippen LogP contribution >= 0.6 is 23.7 Å². The summed E-state index contributed by atoms with van der Waals surface area (Å²) in [5, 5.41) is 1.75. The molecule has 0 atom stereocenters. The maximum absolute atomic E-state index is 11.3. The van der Waals surface area contributed by atoms with E-state index in [2.05, 4.69) is 0 Å². The number of ether oxygens (including phenoxy) is 1. The average Bonchev–Trinajstić information content (AvgIpc) is 2.32. The third kappa shape index (κ3) is 2.60. The second-order valence-electron chi connectivity index (χ2n) is 2.34. The third-order valence-corrected chi connectivity index (χ3v) is 2.41. The molecule has 0 amide bonds. The van der Waals surface area contributed by atoms with Crippen LogP contribution in [0.2, 0.25) is 0 Å². The molecular weight excluding hydrogens is 210 g/mol. The number of hydrogen-bond donors (Lipinski definition) is 1. The van der Waals surface area contributed by atoms with Gasteiger partial charge in [-0.05, 0) is 13.8 Å². The first-order valence-electron chi connectivity index (χ1n) is 3.67. The minimum Gasteiger partial charge on any atom is -0.462 e. The molecule has 0 aliphatic carbocycles. The lowest BCUT2D eigenvalue weighted by Crippen LogP contribution is -2.07. The van der Waals surface area contributed by atoms with Crippen LogP contribution < -0.4 is 5.73 Å². The van der Waals surface area contributed by atoms with Crippen molar-refractivity contribution in [2.75, 3.05) is 12.3 Å². The monoisotopic (exact) mass is 221 g/mol. The molecule has 1 aromatic heterocycles. The number of halogens is 1. The van der Waals surface area contributed by atoms with Gasteiger partial charge in [-0.2, -0.15) is 0 Å². The summed E-state index contributed by atoms with van der Waals surface area (Å²) in [5.74, 6) is -0.325. The fourth-order valence-corrected chi connectivity index (χ4v) is 1.68. The van der Waals surface area contributed by atoms with Crippen molar-refractivity contribution in [1.82, 2.24) is 0 Å². The number of anilines is 1. The van der Waals surface area contributed by atoms with Crippen LogP contribution in [0, 0.1) is 6.92 Å². The normalized spacial score (nSPS) is 9.08. The molecule has 0 aliphatic heterocycles. The van der Waals surface area contributed by atoms with Crippen LogP contribution in [0.15, 0.2) is 5.38 Å². The van der Waals surface area contributed by atoms with Gasteiger partial charge in [0.05, 0.1) is 17.9 Å². The first-order valence-corrected chi connectivity index (χ1v) is 4.55. The highest BCUT2D eigenvalue weighted by atomic mass is 35.5. The molecule has 0 bridgehead atoms. The van der Waals surface area contributed by atoms with Crippen LogP contribution in [0.4, 0.5) is 5.69 Å². The topological polar surface area (TPSA) is 52.3 Å². The predicted octanol–water partition coefficient (Wildman–Crippen LogP) is 2.24. The Morgan fingerprint density at radius 1 is 1.69 bits per heavy atom.